The average Bonchev–Trinajstić information content (AvgIpc) is 2.90. The van der Waals surface area contributed by atoms with Crippen LogP contribution in [0.2, 0.25) is 0 Å². The Bertz CT molecular complexity index is 326. The molecule has 3 amide bonds. The highest BCUT2D eigenvalue weighted by Crippen LogP contribution is 2.18. The quantitative estimate of drug-likeness (QED) is 0.308. The smallest absolute Gasteiger partial charge is 0.321 e. The van der Waals surface area contributed by atoms with Gasteiger partial charge in [0.15, 0.2) is 0 Å². The molecule has 74 valence electrons. The second kappa shape index (κ2) is 4.23. The second-order valence-corrected chi connectivity index (χ2v) is 2.76. The summed E-state index contributed by atoms with van der Waals surface area (Å²) in [7, 11) is 0. The number of carbonyl (C=O) groups is 2. The van der Waals surface area contributed by atoms with Crippen LogP contribution in [0, 0.1) is 11.3 Å². The number of carbonyl (C=O) groups excluding carboxylic acids is 2. The predicted molar refractivity (Wildman–Crippen MR) is 44.5 cm³/mol. The van der Waals surface area contributed by atoms with Crippen LogP contribution in [0.1, 0.15) is 12.8 Å². The number of hydrogen-bond acceptors (Lipinski definition) is 5. The number of nitriles is 1. The first-order valence-corrected chi connectivity index (χ1v) is 3.91. The SMILES string of the molecule is N#C/C(=N/O)C(=O)NC(=O)NC1CC1. The average molecular weight is 196 g/mol. The Labute approximate surface area is 79.4 Å². The summed E-state index contributed by atoms with van der Waals surface area (Å²) in [6.07, 6.45) is 1.78. The zero-order valence-electron chi connectivity index (χ0n) is 7.15. The Morgan fingerprint density at radius 3 is 2.57 bits per heavy atom. The van der Waals surface area contributed by atoms with Gasteiger partial charge in [0.2, 0.25) is 5.71 Å². The summed E-state index contributed by atoms with van der Waals surface area (Å²) in [4.78, 5) is 21.9. The fourth-order valence-electron chi connectivity index (χ4n) is 0.730. The molecule has 1 aliphatic rings. The summed E-state index contributed by atoms with van der Waals surface area (Å²) in [5, 5.41) is 23.2. The fraction of sp³-hybridized carbons (Fsp3) is 0.429. The minimum atomic E-state index is -1.02. The summed E-state index contributed by atoms with van der Waals surface area (Å²) in [5.41, 5.74) is -0.754. The van der Waals surface area contributed by atoms with Crippen LogP contribution in [0.5, 0.6) is 0 Å². The van der Waals surface area contributed by atoms with E-state index < -0.39 is 17.6 Å². The van der Waals surface area contributed by atoms with Gasteiger partial charge in [-0.05, 0) is 12.8 Å². The topological polar surface area (TPSA) is 115 Å². The number of amides is 3. The molecule has 0 bridgehead atoms. The van der Waals surface area contributed by atoms with Crippen molar-refractivity contribution >= 4 is 17.6 Å². The maximum atomic E-state index is 11.0. The van der Waals surface area contributed by atoms with Crippen LogP contribution in [0.3, 0.4) is 0 Å². The number of rotatable bonds is 2. The van der Waals surface area contributed by atoms with Gasteiger partial charge < -0.3 is 10.5 Å². The number of nitrogens with one attached hydrogen (secondary N) is 2. The Hall–Kier alpha value is -2.10. The van der Waals surface area contributed by atoms with Crippen molar-refractivity contribution < 1.29 is 14.8 Å². The van der Waals surface area contributed by atoms with E-state index in [-0.39, 0.29) is 6.04 Å². The van der Waals surface area contributed by atoms with Crippen molar-refractivity contribution in [1.29, 1.82) is 5.26 Å². The Kier molecular flexibility index (Phi) is 3.01. The van der Waals surface area contributed by atoms with Crippen molar-refractivity contribution in [3.05, 3.63) is 0 Å². The Morgan fingerprint density at radius 2 is 2.14 bits per heavy atom. The van der Waals surface area contributed by atoms with Crippen molar-refractivity contribution in [3.8, 4) is 6.07 Å². The molecule has 0 aromatic rings. The first kappa shape index (κ1) is 9.98. The van der Waals surface area contributed by atoms with Crippen LogP contribution < -0.4 is 10.6 Å². The minimum absolute atomic E-state index is 0.111. The largest absolute Gasteiger partial charge is 0.410 e. The zero-order chi connectivity index (χ0) is 10.6. The lowest BCUT2D eigenvalue weighted by molar-refractivity contribution is -0.113. The highest BCUT2D eigenvalue weighted by molar-refractivity contribution is 6.46. The maximum absolute atomic E-state index is 11.0. The number of hydrogen-bond donors (Lipinski definition) is 3. The maximum Gasteiger partial charge on any atom is 0.321 e. The van der Waals surface area contributed by atoms with Crippen LogP contribution in [0.4, 0.5) is 4.79 Å². The van der Waals surface area contributed by atoms with Gasteiger partial charge in [-0.2, -0.15) is 5.26 Å². The van der Waals surface area contributed by atoms with Gasteiger partial charge in [-0.15, -0.1) is 0 Å². The lowest BCUT2D eigenvalue weighted by Crippen LogP contribution is -2.43. The molecule has 0 aliphatic heterocycles. The normalized spacial score (nSPS) is 15.5. The van der Waals surface area contributed by atoms with E-state index in [4.69, 9.17) is 10.5 Å². The summed E-state index contributed by atoms with van der Waals surface area (Å²) >= 11 is 0. The molecule has 14 heavy (non-hydrogen) atoms. The Balaban J connectivity index is 2.39. The molecule has 3 N–H and O–H groups in total. The summed E-state index contributed by atoms with van der Waals surface area (Å²) in [6.45, 7) is 0. The van der Waals surface area contributed by atoms with Crippen molar-refractivity contribution in [1.82, 2.24) is 10.6 Å². The molecular formula is C7H8N4O3. The molecule has 0 radical (unpaired) electrons. The van der Waals surface area contributed by atoms with Gasteiger partial charge in [-0.25, -0.2) is 4.79 Å². The van der Waals surface area contributed by atoms with Crippen molar-refractivity contribution in [3.63, 3.8) is 0 Å². The molecule has 0 heterocycles. The number of oxime groups is 1. The number of urea groups is 1. The van der Waals surface area contributed by atoms with Gasteiger partial charge in [0, 0.05) is 6.04 Å². The first-order chi connectivity index (χ1) is 6.67. The number of imide groups is 1. The molecule has 0 aromatic carbocycles. The third-order valence-corrected chi connectivity index (χ3v) is 1.56. The van der Waals surface area contributed by atoms with E-state index in [1.807, 2.05) is 5.32 Å². The standard InChI is InChI=1S/C7H8N4O3/c8-3-5(11-14)6(12)10-7(13)9-4-1-2-4/h4,14H,1-2H2,(H2,9,10,12,13)/b11-5-. The monoisotopic (exact) mass is 196 g/mol. The van der Waals surface area contributed by atoms with Crippen LogP contribution in [0.25, 0.3) is 0 Å². The molecule has 0 unspecified atom stereocenters. The van der Waals surface area contributed by atoms with Crippen LogP contribution >= 0.6 is 0 Å². The van der Waals surface area contributed by atoms with Crippen molar-refractivity contribution in [2.24, 2.45) is 5.16 Å². The van der Waals surface area contributed by atoms with Crippen LogP contribution in [-0.2, 0) is 4.79 Å². The van der Waals surface area contributed by atoms with E-state index in [1.165, 1.54) is 6.07 Å². The van der Waals surface area contributed by atoms with Crippen LogP contribution in [0.15, 0.2) is 5.16 Å². The molecular weight excluding hydrogens is 188 g/mol. The third kappa shape index (κ3) is 2.75. The van der Waals surface area contributed by atoms with Gasteiger partial charge in [-0.1, -0.05) is 5.16 Å². The molecule has 1 aliphatic carbocycles. The molecule has 0 spiro atoms. The van der Waals surface area contributed by atoms with E-state index >= 15 is 0 Å². The van der Waals surface area contributed by atoms with Gasteiger partial charge >= 0.3 is 6.03 Å². The van der Waals surface area contributed by atoms with Crippen molar-refractivity contribution in [2.75, 3.05) is 0 Å². The van der Waals surface area contributed by atoms with E-state index in [2.05, 4.69) is 10.5 Å². The summed E-state index contributed by atoms with van der Waals surface area (Å²) in [5.74, 6) is -1.02. The molecule has 1 rings (SSSR count). The van der Waals surface area contributed by atoms with E-state index in [0.717, 1.165) is 12.8 Å². The van der Waals surface area contributed by atoms with Gasteiger partial charge in [-0.3, -0.25) is 10.1 Å². The molecule has 0 saturated heterocycles. The first-order valence-electron chi connectivity index (χ1n) is 3.91. The fourth-order valence-corrected chi connectivity index (χ4v) is 0.730. The van der Waals surface area contributed by atoms with E-state index in [1.54, 1.807) is 0 Å². The van der Waals surface area contributed by atoms with Gasteiger partial charge in [0.05, 0.1) is 0 Å². The molecule has 1 saturated carbocycles. The minimum Gasteiger partial charge on any atom is -0.410 e. The van der Waals surface area contributed by atoms with Crippen molar-refractivity contribution in [2.45, 2.75) is 18.9 Å². The molecule has 7 heteroatoms. The van der Waals surface area contributed by atoms with E-state index in [9.17, 15) is 9.59 Å². The summed E-state index contributed by atoms with van der Waals surface area (Å²) in [6, 6.07) is 0.758. The molecule has 0 atom stereocenters. The number of nitrogens with zero attached hydrogens (tertiary/aromatic N) is 2. The highest BCUT2D eigenvalue weighted by atomic mass is 16.4. The molecule has 1 fully saturated rings. The van der Waals surface area contributed by atoms with E-state index in [0.29, 0.717) is 0 Å². The van der Waals surface area contributed by atoms with Crippen LogP contribution in [-0.4, -0.2) is 28.9 Å². The zero-order valence-corrected chi connectivity index (χ0v) is 7.15. The molecule has 0 aromatic heterocycles. The third-order valence-electron chi connectivity index (χ3n) is 1.56. The molecule has 7 nitrogen and oxygen atoms in total. The lowest BCUT2D eigenvalue weighted by atomic mass is 10.4. The second-order valence-electron chi connectivity index (χ2n) is 2.76. The van der Waals surface area contributed by atoms with Gasteiger partial charge in [0.1, 0.15) is 6.07 Å². The predicted octanol–water partition coefficient (Wildman–Crippen LogP) is -0.672. The summed E-state index contributed by atoms with van der Waals surface area (Å²) < 4.78 is 0. The Morgan fingerprint density at radius 1 is 1.50 bits per heavy atom. The van der Waals surface area contributed by atoms with Gasteiger partial charge in [0.25, 0.3) is 5.91 Å². The lowest BCUT2D eigenvalue weighted by Gasteiger charge is -2.02. The highest BCUT2D eigenvalue weighted by Gasteiger charge is 2.24.